The lowest BCUT2D eigenvalue weighted by Gasteiger charge is -2.28. The predicted octanol–water partition coefficient (Wildman–Crippen LogP) is 1.38. The van der Waals surface area contributed by atoms with E-state index in [1.165, 1.54) is 34.9 Å². The van der Waals surface area contributed by atoms with Crippen LogP contribution in [0.3, 0.4) is 0 Å². The maximum atomic E-state index is 4.80. The summed E-state index contributed by atoms with van der Waals surface area (Å²) in [6.07, 6.45) is 2.24. The molecule has 0 radical (unpaired) electrons. The van der Waals surface area contributed by atoms with Crippen molar-refractivity contribution in [3.63, 3.8) is 0 Å². The van der Waals surface area contributed by atoms with Gasteiger partial charge in [0.15, 0.2) is 0 Å². The SMILES string of the molecule is CCc1nn(C2CSC2)c2c1CCNC2. The molecule has 1 saturated heterocycles. The maximum Gasteiger partial charge on any atom is 0.0703 e. The van der Waals surface area contributed by atoms with Gasteiger partial charge in [-0.3, -0.25) is 4.68 Å². The van der Waals surface area contributed by atoms with Crippen LogP contribution in [0, 0.1) is 0 Å². The molecule has 15 heavy (non-hydrogen) atoms. The number of rotatable bonds is 2. The fraction of sp³-hybridized carbons (Fsp3) is 0.727. The summed E-state index contributed by atoms with van der Waals surface area (Å²) in [6, 6.07) is 0.670. The first kappa shape index (κ1) is 9.73. The minimum absolute atomic E-state index is 0.670. The van der Waals surface area contributed by atoms with Gasteiger partial charge in [-0.2, -0.15) is 16.9 Å². The highest BCUT2D eigenvalue weighted by atomic mass is 32.2. The van der Waals surface area contributed by atoms with Gasteiger partial charge < -0.3 is 5.32 Å². The maximum absolute atomic E-state index is 4.80. The van der Waals surface area contributed by atoms with Crippen molar-refractivity contribution in [2.75, 3.05) is 18.1 Å². The molecule has 1 aromatic heterocycles. The second-order valence-electron chi connectivity index (χ2n) is 4.29. The van der Waals surface area contributed by atoms with Gasteiger partial charge >= 0.3 is 0 Å². The highest BCUT2D eigenvalue weighted by Crippen LogP contribution is 2.32. The largest absolute Gasteiger partial charge is 0.311 e. The van der Waals surface area contributed by atoms with Crippen LogP contribution in [0.15, 0.2) is 0 Å². The summed E-state index contributed by atoms with van der Waals surface area (Å²) < 4.78 is 2.30. The predicted molar refractivity (Wildman–Crippen MR) is 63.4 cm³/mol. The molecule has 0 amide bonds. The lowest BCUT2D eigenvalue weighted by atomic mass is 10.0. The lowest BCUT2D eigenvalue weighted by Crippen LogP contribution is -2.30. The third kappa shape index (κ3) is 1.51. The van der Waals surface area contributed by atoms with E-state index in [9.17, 15) is 0 Å². The van der Waals surface area contributed by atoms with Gasteiger partial charge in [0.1, 0.15) is 0 Å². The average molecular weight is 223 g/mol. The third-order valence-corrected chi connectivity index (χ3v) is 4.59. The molecular formula is C11H17N3S. The molecule has 3 rings (SSSR count). The van der Waals surface area contributed by atoms with Crippen molar-refractivity contribution in [3.8, 4) is 0 Å². The van der Waals surface area contributed by atoms with Crippen molar-refractivity contribution < 1.29 is 0 Å². The average Bonchev–Trinajstić information content (AvgIpc) is 2.55. The first-order chi connectivity index (χ1) is 7.40. The Morgan fingerprint density at radius 1 is 1.53 bits per heavy atom. The minimum atomic E-state index is 0.670. The molecule has 0 aliphatic carbocycles. The summed E-state index contributed by atoms with van der Waals surface area (Å²) in [5, 5.41) is 8.25. The van der Waals surface area contributed by atoms with Gasteiger partial charge in [-0.1, -0.05) is 6.92 Å². The molecule has 3 nitrogen and oxygen atoms in total. The summed E-state index contributed by atoms with van der Waals surface area (Å²) in [5.74, 6) is 2.49. The number of hydrogen-bond donors (Lipinski definition) is 1. The molecule has 2 aliphatic rings. The zero-order valence-corrected chi connectivity index (χ0v) is 9.94. The van der Waals surface area contributed by atoms with Gasteiger partial charge in [-0.25, -0.2) is 0 Å². The van der Waals surface area contributed by atoms with E-state index in [0.29, 0.717) is 6.04 Å². The van der Waals surface area contributed by atoms with Crippen LogP contribution >= 0.6 is 11.8 Å². The van der Waals surface area contributed by atoms with Gasteiger partial charge in [-0.15, -0.1) is 0 Å². The van der Waals surface area contributed by atoms with Crippen molar-refractivity contribution in [1.29, 1.82) is 0 Å². The molecule has 0 spiro atoms. The molecule has 1 N–H and O–H groups in total. The molecule has 0 unspecified atom stereocenters. The Bertz CT molecular complexity index is 368. The minimum Gasteiger partial charge on any atom is -0.311 e. The highest BCUT2D eigenvalue weighted by Gasteiger charge is 2.27. The van der Waals surface area contributed by atoms with Crippen LogP contribution in [0.4, 0.5) is 0 Å². The van der Waals surface area contributed by atoms with Crippen LogP contribution in [0.5, 0.6) is 0 Å². The third-order valence-electron chi connectivity index (χ3n) is 3.35. The summed E-state index contributed by atoms with van der Waals surface area (Å²) in [7, 11) is 0. The standard InChI is InChI=1S/C11H17N3S/c1-2-10-9-3-4-12-5-11(9)14(13-10)8-6-15-7-8/h8,12H,2-7H2,1H3. The van der Waals surface area contributed by atoms with E-state index in [-0.39, 0.29) is 0 Å². The van der Waals surface area contributed by atoms with E-state index in [1.807, 2.05) is 11.8 Å². The number of hydrogen-bond acceptors (Lipinski definition) is 3. The number of aryl methyl sites for hydroxylation is 1. The summed E-state index contributed by atoms with van der Waals surface area (Å²) in [4.78, 5) is 0. The smallest absolute Gasteiger partial charge is 0.0703 e. The first-order valence-electron chi connectivity index (χ1n) is 5.77. The Kier molecular flexibility index (Phi) is 2.48. The van der Waals surface area contributed by atoms with Gasteiger partial charge in [0.05, 0.1) is 17.4 Å². The van der Waals surface area contributed by atoms with Crippen molar-refractivity contribution in [3.05, 3.63) is 17.0 Å². The number of thioether (sulfide) groups is 1. The van der Waals surface area contributed by atoms with Crippen molar-refractivity contribution in [2.24, 2.45) is 0 Å². The van der Waals surface area contributed by atoms with Gasteiger partial charge in [0.25, 0.3) is 0 Å². The lowest BCUT2D eigenvalue weighted by molar-refractivity contribution is 0.480. The number of aromatic nitrogens is 2. The Labute approximate surface area is 94.6 Å². The number of nitrogens with one attached hydrogen (secondary N) is 1. The number of nitrogens with zero attached hydrogens (tertiary/aromatic N) is 2. The van der Waals surface area contributed by atoms with Crippen molar-refractivity contribution in [1.82, 2.24) is 15.1 Å². The van der Waals surface area contributed by atoms with E-state index >= 15 is 0 Å². The molecule has 0 saturated carbocycles. The quantitative estimate of drug-likeness (QED) is 0.821. The van der Waals surface area contributed by atoms with Crippen molar-refractivity contribution in [2.45, 2.75) is 32.4 Å². The second kappa shape index (κ2) is 3.83. The molecule has 0 bridgehead atoms. The summed E-state index contributed by atoms with van der Waals surface area (Å²) in [5.41, 5.74) is 4.33. The van der Waals surface area contributed by atoms with Crippen LogP contribution < -0.4 is 5.32 Å². The van der Waals surface area contributed by atoms with E-state index in [2.05, 4.69) is 16.9 Å². The topological polar surface area (TPSA) is 29.9 Å². The van der Waals surface area contributed by atoms with Gasteiger partial charge in [-0.05, 0) is 24.9 Å². The zero-order chi connectivity index (χ0) is 10.3. The number of fused-ring (bicyclic) bond motifs is 1. The van der Waals surface area contributed by atoms with Crippen LogP contribution in [0.25, 0.3) is 0 Å². The Morgan fingerprint density at radius 3 is 3.07 bits per heavy atom. The van der Waals surface area contributed by atoms with Crippen LogP contribution in [0.1, 0.15) is 29.9 Å². The zero-order valence-electron chi connectivity index (χ0n) is 9.12. The monoisotopic (exact) mass is 223 g/mol. The van der Waals surface area contributed by atoms with E-state index in [0.717, 1.165) is 19.5 Å². The van der Waals surface area contributed by atoms with Crippen LogP contribution in [-0.4, -0.2) is 27.8 Å². The Morgan fingerprint density at radius 2 is 2.40 bits per heavy atom. The van der Waals surface area contributed by atoms with E-state index in [1.54, 1.807) is 0 Å². The highest BCUT2D eigenvalue weighted by molar-refractivity contribution is 8.00. The second-order valence-corrected chi connectivity index (χ2v) is 5.36. The molecular weight excluding hydrogens is 206 g/mol. The van der Waals surface area contributed by atoms with Crippen molar-refractivity contribution >= 4 is 11.8 Å². The van der Waals surface area contributed by atoms with E-state index in [4.69, 9.17) is 5.10 Å². The fourth-order valence-corrected chi connectivity index (χ4v) is 3.13. The summed E-state index contributed by atoms with van der Waals surface area (Å²) in [6.45, 7) is 4.35. The molecule has 0 aromatic carbocycles. The van der Waals surface area contributed by atoms with Crippen LogP contribution in [-0.2, 0) is 19.4 Å². The first-order valence-corrected chi connectivity index (χ1v) is 6.93. The molecule has 4 heteroatoms. The normalized spacial score (nSPS) is 21.1. The van der Waals surface area contributed by atoms with Crippen LogP contribution in [0.2, 0.25) is 0 Å². The molecule has 2 aliphatic heterocycles. The summed E-state index contributed by atoms with van der Waals surface area (Å²) >= 11 is 2.03. The molecule has 1 fully saturated rings. The van der Waals surface area contributed by atoms with Gasteiger partial charge in [0.2, 0.25) is 0 Å². The molecule has 0 atom stereocenters. The Hall–Kier alpha value is -0.480. The Balaban J connectivity index is 2.01. The molecule has 82 valence electrons. The molecule has 1 aromatic rings. The van der Waals surface area contributed by atoms with E-state index < -0.39 is 0 Å². The van der Waals surface area contributed by atoms with Gasteiger partial charge in [0, 0.05) is 18.1 Å². The molecule has 3 heterocycles. The fourth-order valence-electron chi connectivity index (χ4n) is 2.40.